The van der Waals surface area contributed by atoms with E-state index in [0.717, 1.165) is 37.3 Å². The average Bonchev–Trinajstić information content (AvgIpc) is 2.45. The molecule has 0 aliphatic carbocycles. The number of hydrogen-bond acceptors (Lipinski definition) is 5. The number of ether oxygens (including phenoxy) is 1. The molecule has 3 atom stereocenters. The summed E-state index contributed by atoms with van der Waals surface area (Å²) in [6.07, 6.45) is 5.71. The highest BCUT2D eigenvalue weighted by molar-refractivity contribution is 8.17. The Labute approximate surface area is 139 Å². The maximum atomic E-state index is 9.82. The lowest BCUT2D eigenvalue weighted by molar-refractivity contribution is 0.113. The number of rotatable bonds is 8. The molecule has 1 aliphatic heterocycles. The lowest BCUT2D eigenvalue weighted by Gasteiger charge is -2.27. The predicted octanol–water partition coefficient (Wildman–Crippen LogP) is 3.56. The monoisotopic (exact) mass is 328 g/mol. The maximum Gasteiger partial charge on any atom is 0.140 e. The van der Waals surface area contributed by atoms with Gasteiger partial charge >= 0.3 is 0 Å². The Bertz CT molecular complexity index is 383. The number of thioether (sulfide) groups is 1. The zero-order chi connectivity index (χ0) is 16.5. The smallest absolute Gasteiger partial charge is 0.140 e. The Balaban J connectivity index is 2.57. The lowest BCUT2D eigenvalue weighted by atomic mass is 10.1. The van der Waals surface area contributed by atoms with Gasteiger partial charge in [-0.2, -0.15) is 0 Å². The highest BCUT2D eigenvalue weighted by Gasteiger charge is 2.23. The van der Waals surface area contributed by atoms with Gasteiger partial charge in [-0.05, 0) is 32.1 Å². The topological polar surface area (TPSA) is 53.9 Å². The normalized spacial score (nSPS) is 25.9. The van der Waals surface area contributed by atoms with Crippen LogP contribution in [0.3, 0.4) is 0 Å². The first kappa shape index (κ1) is 19.7. The number of aliphatic hydroxyl groups is 1. The molecule has 0 saturated carbocycles. The van der Waals surface area contributed by atoms with Crippen LogP contribution < -0.4 is 5.32 Å². The quantitative estimate of drug-likeness (QED) is 0.715. The molecule has 3 unspecified atom stereocenters. The molecule has 0 radical (unpaired) electrons. The van der Waals surface area contributed by atoms with Crippen LogP contribution in [-0.2, 0) is 4.74 Å². The summed E-state index contributed by atoms with van der Waals surface area (Å²) in [5.41, 5.74) is 0. The summed E-state index contributed by atoms with van der Waals surface area (Å²) >= 11 is 1.73. The van der Waals surface area contributed by atoms with Crippen LogP contribution in [0.25, 0.3) is 0 Å². The highest BCUT2D eigenvalue weighted by Crippen LogP contribution is 2.28. The molecule has 0 bridgehead atoms. The van der Waals surface area contributed by atoms with Crippen LogP contribution in [0.15, 0.2) is 16.0 Å². The minimum atomic E-state index is -0.181. The molecule has 0 aromatic rings. The van der Waals surface area contributed by atoms with Gasteiger partial charge < -0.3 is 9.84 Å². The van der Waals surface area contributed by atoms with Gasteiger partial charge in [-0.15, -0.1) is 0 Å². The van der Waals surface area contributed by atoms with E-state index in [-0.39, 0.29) is 18.4 Å². The molecule has 5 heteroatoms. The van der Waals surface area contributed by atoms with Crippen LogP contribution in [0.1, 0.15) is 53.4 Å². The second-order valence-electron chi connectivity index (χ2n) is 6.30. The molecule has 22 heavy (non-hydrogen) atoms. The van der Waals surface area contributed by atoms with E-state index < -0.39 is 0 Å². The second kappa shape index (κ2) is 10.4. The number of methoxy groups -OCH3 is 1. The van der Waals surface area contributed by atoms with E-state index in [0.29, 0.717) is 5.92 Å². The number of nitrogens with zero attached hydrogens (tertiary/aromatic N) is 1. The first-order chi connectivity index (χ1) is 10.5. The van der Waals surface area contributed by atoms with E-state index in [4.69, 9.17) is 9.73 Å². The molecule has 4 nitrogen and oxygen atoms in total. The summed E-state index contributed by atoms with van der Waals surface area (Å²) in [6.45, 7) is 9.32. The van der Waals surface area contributed by atoms with Crippen molar-refractivity contribution < 1.29 is 9.84 Å². The van der Waals surface area contributed by atoms with Crippen molar-refractivity contribution in [1.29, 1.82) is 0 Å². The largest absolute Gasteiger partial charge is 0.393 e. The molecular weight excluding hydrogens is 296 g/mol. The van der Waals surface area contributed by atoms with Gasteiger partial charge in [-0.3, -0.25) is 10.3 Å². The van der Waals surface area contributed by atoms with Crippen molar-refractivity contribution >= 4 is 16.8 Å². The SMILES string of the molecule is CCCC(O)CCC(C)N=C1CNC(OC)/C(=C\C(C)C)S1. The minimum absolute atomic E-state index is 0.0203. The number of hydrogen-bond donors (Lipinski definition) is 2. The fourth-order valence-corrected chi connectivity index (χ4v) is 3.74. The van der Waals surface area contributed by atoms with Gasteiger partial charge in [-0.25, -0.2) is 0 Å². The van der Waals surface area contributed by atoms with Crippen LogP contribution in [0, 0.1) is 5.92 Å². The van der Waals surface area contributed by atoms with Crippen LogP contribution in [0.4, 0.5) is 0 Å². The third kappa shape index (κ3) is 7.27. The Morgan fingerprint density at radius 1 is 1.36 bits per heavy atom. The van der Waals surface area contributed by atoms with Gasteiger partial charge in [0.25, 0.3) is 0 Å². The van der Waals surface area contributed by atoms with Crippen molar-refractivity contribution in [2.45, 2.75) is 71.8 Å². The van der Waals surface area contributed by atoms with Crippen LogP contribution in [0.2, 0.25) is 0 Å². The fourth-order valence-electron chi connectivity index (χ4n) is 2.45. The number of aliphatic imine (C=N–C) groups is 1. The number of aliphatic hydroxyl groups excluding tert-OH is 1. The fraction of sp³-hybridized carbons (Fsp3) is 0.824. The summed E-state index contributed by atoms with van der Waals surface area (Å²) < 4.78 is 5.48. The van der Waals surface area contributed by atoms with Crippen LogP contribution in [-0.4, -0.2) is 42.2 Å². The minimum Gasteiger partial charge on any atom is -0.393 e. The Morgan fingerprint density at radius 3 is 2.68 bits per heavy atom. The van der Waals surface area contributed by atoms with E-state index in [1.54, 1.807) is 18.9 Å². The molecule has 1 fully saturated rings. The number of nitrogens with one attached hydrogen (secondary N) is 1. The van der Waals surface area contributed by atoms with Crippen molar-refractivity contribution in [2.75, 3.05) is 13.7 Å². The van der Waals surface area contributed by atoms with Gasteiger partial charge in [0, 0.05) is 24.6 Å². The van der Waals surface area contributed by atoms with E-state index in [1.807, 2.05) is 0 Å². The third-order valence-electron chi connectivity index (χ3n) is 3.57. The molecule has 1 saturated heterocycles. The van der Waals surface area contributed by atoms with Crippen LogP contribution in [0.5, 0.6) is 0 Å². The van der Waals surface area contributed by atoms with E-state index in [1.165, 1.54) is 4.91 Å². The summed E-state index contributed by atoms with van der Waals surface area (Å²) in [4.78, 5) is 6.00. The standard InChI is InChI=1S/C17H32N2O2S/c1-6-7-14(20)9-8-13(4)19-16-11-18-17(21-5)15(22-16)10-12(2)3/h10,12-14,17-18,20H,6-9,11H2,1-5H3/b15-10+,19-16?. The van der Waals surface area contributed by atoms with E-state index in [9.17, 15) is 5.11 Å². The molecule has 2 N–H and O–H groups in total. The van der Waals surface area contributed by atoms with Crippen molar-refractivity contribution in [2.24, 2.45) is 10.9 Å². The molecule has 1 rings (SSSR count). The van der Waals surface area contributed by atoms with E-state index in [2.05, 4.69) is 39.1 Å². The molecule has 0 spiro atoms. The van der Waals surface area contributed by atoms with Crippen molar-refractivity contribution in [1.82, 2.24) is 5.32 Å². The Kier molecular flexibility index (Phi) is 9.33. The molecule has 1 heterocycles. The summed E-state index contributed by atoms with van der Waals surface area (Å²) in [7, 11) is 1.73. The lowest BCUT2D eigenvalue weighted by Crippen LogP contribution is -2.40. The maximum absolute atomic E-state index is 9.82. The first-order valence-electron chi connectivity index (χ1n) is 8.36. The van der Waals surface area contributed by atoms with Gasteiger partial charge in [0.05, 0.1) is 11.1 Å². The number of allylic oxidation sites excluding steroid dienone is 1. The Morgan fingerprint density at radius 2 is 2.09 bits per heavy atom. The second-order valence-corrected chi connectivity index (χ2v) is 7.45. The predicted molar refractivity (Wildman–Crippen MR) is 96.4 cm³/mol. The van der Waals surface area contributed by atoms with Crippen molar-refractivity contribution in [3.63, 3.8) is 0 Å². The van der Waals surface area contributed by atoms with Crippen molar-refractivity contribution in [3.05, 3.63) is 11.0 Å². The van der Waals surface area contributed by atoms with E-state index >= 15 is 0 Å². The zero-order valence-electron chi connectivity index (χ0n) is 14.6. The molecule has 128 valence electrons. The highest BCUT2D eigenvalue weighted by atomic mass is 32.2. The molecule has 0 aromatic carbocycles. The summed E-state index contributed by atoms with van der Waals surface area (Å²) in [6, 6.07) is 0.246. The molecular formula is C17H32N2O2S. The first-order valence-corrected chi connectivity index (χ1v) is 9.18. The van der Waals surface area contributed by atoms with Gasteiger partial charge in [0.2, 0.25) is 0 Å². The third-order valence-corrected chi connectivity index (χ3v) is 4.64. The summed E-state index contributed by atoms with van der Waals surface area (Å²) in [5.74, 6) is 0.489. The van der Waals surface area contributed by atoms with Crippen LogP contribution >= 0.6 is 11.8 Å². The van der Waals surface area contributed by atoms with Gasteiger partial charge in [-0.1, -0.05) is 45.0 Å². The van der Waals surface area contributed by atoms with Crippen molar-refractivity contribution in [3.8, 4) is 0 Å². The van der Waals surface area contributed by atoms with Gasteiger partial charge in [0.15, 0.2) is 0 Å². The molecule has 0 aromatic heterocycles. The average molecular weight is 329 g/mol. The molecule has 1 aliphatic rings. The summed E-state index contributed by atoms with van der Waals surface area (Å²) in [5, 5.41) is 14.3. The zero-order valence-corrected chi connectivity index (χ0v) is 15.4. The molecule has 0 amide bonds. The van der Waals surface area contributed by atoms with Gasteiger partial charge in [0.1, 0.15) is 6.23 Å². The Hall–Kier alpha value is -0.360.